The van der Waals surface area contributed by atoms with E-state index in [0.717, 1.165) is 6.07 Å². The van der Waals surface area contributed by atoms with Gasteiger partial charge >= 0.3 is 12.3 Å². The van der Waals surface area contributed by atoms with Crippen LogP contribution in [0.4, 0.5) is 13.2 Å². The second-order valence-electron chi connectivity index (χ2n) is 3.35. The molecule has 1 N–H and O–H groups in total. The van der Waals surface area contributed by atoms with Gasteiger partial charge < -0.3 is 9.84 Å². The van der Waals surface area contributed by atoms with E-state index >= 15 is 0 Å². The minimum atomic E-state index is -4.71. The lowest BCUT2D eigenvalue weighted by molar-refractivity contribution is -0.329. The summed E-state index contributed by atoms with van der Waals surface area (Å²) in [6.45, 7) is -0.631. The molecule has 17 heavy (non-hydrogen) atoms. The van der Waals surface area contributed by atoms with E-state index in [2.05, 4.69) is 9.84 Å². The molecule has 0 radical (unpaired) electrons. The van der Waals surface area contributed by atoms with Crippen LogP contribution < -0.4 is 4.74 Å². The lowest BCUT2D eigenvalue weighted by atomic mass is 10.4. The van der Waals surface area contributed by atoms with Crippen molar-refractivity contribution in [2.45, 2.75) is 19.0 Å². The summed E-state index contributed by atoms with van der Waals surface area (Å²) in [5.41, 5.74) is -0.213. The molecule has 0 aliphatic carbocycles. The second kappa shape index (κ2) is 3.91. The van der Waals surface area contributed by atoms with E-state index < -0.39 is 25.0 Å². The van der Waals surface area contributed by atoms with Gasteiger partial charge in [0.15, 0.2) is 5.69 Å². The van der Waals surface area contributed by atoms with E-state index in [9.17, 15) is 18.0 Å². The van der Waals surface area contributed by atoms with Crippen LogP contribution in [0.5, 0.6) is 5.88 Å². The fourth-order valence-electron chi connectivity index (χ4n) is 1.40. The van der Waals surface area contributed by atoms with Gasteiger partial charge in [-0.15, -0.1) is 13.2 Å². The van der Waals surface area contributed by atoms with E-state index in [4.69, 9.17) is 9.84 Å². The zero-order valence-corrected chi connectivity index (χ0v) is 8.27. The Morgan fingerprint density at radius 2 is 2.41 bits per heavy atom. The first-order chi connectivity index (χ1) is 7.85. The van der Waals surface area contributed by atoms with E-state index in [1.54, 1.807) is 0 Å². The van der Waals surface area contributed by atoms with Crippen molar-refractivity contribution >= 4 is 5.97 Å². The number of ether oxygens (including phenoxy) is 2. The maximum absolute atomic E-state index is 11.8. The summed E-state index contributed by atoms with van der Waals surface area (Å²) < 4.78 is 45.1. The normalized spacial score (nSPS) is 18.9. The van der Waals surface area contributed by atoms with E-state index in [-0.39, 0.29) is 18.1 Å². The number of hydrogen-bond donors (Lipinski definition) is 1. The fourth-order valence-corrected chi connectivity index (χ4v) is 1.40. The largest absolute Gasteiger partial charge is 0.522 e. The average molecular weight is 252 g/mol. The SMILES string of the molecule is O=C(O)c1cc2n(n1)CC(COC(F)(F)F)O2. The molecule has 0 saturated carbocycles. The minimum absolute atomic E-state index is 0.0265. The summed E-state index contributed by atoms with van der Waals surface area (Å²) in [5.74, 6) is -1.10. The van der Waals surface area contributed by atoms with Crippen molar-refractivity contribution in [2.75, 3.05) is 6.61 Å². The summed E-state index contributed by atoms with van der Waals surface area (Å²) in [4.78, 5) is 10.5. The minimum Gasteiger partial charge on any atom is -0.476 e. The third-order valence-corrected chi connectivity index (χ3v) is 2.06. The number of carboxylic acids is 1. The monoisotopic (exact) mass is 252 g/mol. The summed E-state index contributed by atoms with van der Waals surface area (Å²) in [6, 6.07) is 1.15. The van der Waals surface area contributed by atoms with Gasteiger partial charge in [0, 0.05) is 6.07 Å². The van der Waals surface area contributed by atoms with Crippen LogP contribution in [-0.2, 0) is 11.3 Å². The van der Waals surface area contributed by atoms with Gasteiger partial charge in [0.1, 0.15) is 6.10 Å². The molecule has 9 heteroatoms. The smallest absolute Gasteiger partial charge is 0.476 e. The Balaban J connectivity index is 1.94. The zero-order valence-electron chi connectivity index (χ0n) is 8.27. The summed E-state index contributed by atoms with van der Waals surface area (Å²) in [5, 5.41) is 12.3. The zero-order chi connectivity index (χ0) is 12.6. The highest BCUT2D eigenvalue weighted by Crippen LogP contribution is 2.24. The molecule has 1 aromatic heterocycles. The number of carboxylic acid groups (broad SMARTS) is 1. The predicted molar refractivity (Wildman–Crippen MR) is 45.6 cm³/mol. The Morgan fingerprint density at radius 1 is 1.71 bits per heavy atom. The molecule has 1 aliphatic rings. The molecule has 0 aromatic carbocycles. The predicted octanol–water partition coefficient (Wildman–Crippen LogP) is 0.879. The Hall–Kier alpha value is -1.77. The molecule has 94 valence electrons. The van der Waals surface area contributed by atoms with Crippen LogP contribution in [0.15, 0.2) is 6.07 Å². The maximum Gasteiger partial charge on any atom is 0.522 e. The van der Waals surface area contributed by atoms with Crippen LogP contribution in [0, 0.1) is 0 Å². The van der Waals surface area contributed by atoms with Crippen molar-refractivity contribution in [2.24, 2.45) is 0 Å². The summed E-state index contributed by atoms with van der Waals surface area (Å²) in [6.07, 6.45) is -5.53. The maximum atomic E-state index is 11.8. The Kier molecular flexibility index (Phi) is 2.69. The van der Waals surface area contributed by atoms with Crippen LogP contribution in [0.25, 0.3) is 0 Å². The number of hydrogen-bond acceptors (Lipinski definition) is 4. The van der Waals surface area contributed by atoms with Gasteiger partial charge in [-0.3, -0.25) is 4.74 Å². The number of nitrogens with zero attached hydrogens (tertiary/aromatic N) is 2. The molecule has 0 saturated heterocycles. The molecule has 0 amide bonds. The lowest BCUT2D eigenvalue weighted by Crippen LogP contribution is -2.27. The first-order valence-electron chi connectivity index (χ1n) is 4.53. The van der Waals surface area contributed by atoms with Gasteiger partial charge in [-0.2, -0.15) is 5.10 Å². The van der Waals surface area contributed by atoms with Gasteiger partial charge in [-0.1, -0.05) is 0 Å². The quantitative estimate of drug-likeness (QED) is 0.864. The molecule has 2 heterocycles. The molecule has 1 atom stereocenters. The van der Waals surface area contributed by atoms with Crippen LogP contribution in [0.1, 0.15) is 10.5 Å². The topological polar surface area (TPSA) is 73.6 Å². The molecule has 0 bridgehead atoms. The van der Waals surface area contributed by atoms with E-state index in [0.29, 0.717) is 0 Å². The van der Waals surface area contributed by atoms with Crippen molar-refractivity contribution in [3.63, 3.8) is 0 Å². The fraction of sp³-hybridized carbons (Fsp3) is 0.500. The molecular weight excluding hydrogens is 245 g/mol. The van der Waals surface area contributed by atoms with E-state index in [1.165, 1.54) is 4.68 Å². The van der Waals surface area contributed by atoms with Gasteiger partial charge in [-0.05, 0) is 0 Å². The third kappa shape index (κ3) is 2.67. The molecule has 0 fully saturated rings. The number of rotatable bonds is 3. The van der Waals surface area contributed by atoms with Gasteiger partial charge in [0.25, 0.3) is 0 Å². The van der Waals surface area contributed by atoms with Crippen LogP contribution in [0.2, 0.25) is 0 Å². The van der Waals surface area contributed by atoms with Crippen LogP contribution >= 0.6 is 0 Å². The van der Waals surface area contributed by atoms with Crippen molar-refractivity contribution in [3.8, 4) is 5.88 Å². The number of aromatic carboxylic acids is 1. The number of carbonyl (C=O) groups is 1. The number of alkyl halides is 3. The third-order valence-electron chi connectivity index (χ3n) is 2.06. The first-order valence-corrected chi connectivity index (χ1v) is 4.53. The number of halogens is 3. The summed E-state index contributed by atoms with van der Waals surface area (Å²) >= 11 is 0. The number of aromatic nitrogens is 2. The highest BCUT2D eigenvalue weighted by atomic mass is 19.4. The van der Waals surface area contributed by atoms with Crippen LogP contribution in [0.3, 0.4) is 0 Å². The lowest BCUT2D eigenvalue weighted by Gasteiger charge is -2.11. The Morgan fingerprint density at radius 3 is 2.94 bits per heavy atom. The molecule has 0 spiro atoms. The van der Waals surface area contributed by atoms with Gasteiger partial charge in [-0.25, -0.2) is 9.48 Å². The molecule has 6 nitrogen and oxygen atoms in total. The first kappa shape index (κ1) is 11.7. The Labute approximate surface area is 92.5 Å². The number of fused-ring (bicyclic) bond motifs is 1. The van der Waals surface area contributed by atoms with Gasteiger partial charge in [0.05, 0.1) is 13.2 Å². The van der Waals surface area contributed by atoms with Crippen molar-refractivity contribution in [1.82, 2.24) is 9.78 Å². The molecule has 1 aliphatic heterocycles. The molecule has 1 aromatic rings. The second-order valence-corrected chi connectivity index (χ2v) is 3.35. The van der Waals surface area contributed by atoms with Crippen molar-refractivity contribution in [3.05, 3.63) is 11.8 Å². The van der Waals surface area contributed by atoms with Crippen LogP contribution in [-0.4, -0.2) is 39.9 Å². The Bertz CT molecular complexity index is 419. The highest BCUT2D eigenvalue weighted by molar-refractivity contribution is 5.85. The standard InChI is InChI=1S/C8H7F3N2O4/c9-8(10,11)16-3-4-2-13-6(17-4)1-5(12-13)7(14)15/h1,4H,2-3H2,(H,14,15). The van der Waals surface area contributed by atoms with E-state index in [1.807, 2.05) is 0 Å². The molecular formula is C8H7F3N2O4. The molecule has 1 unspecified atom stereocenters. The van der Waals surface area contributed by atoms with Crippen molar-refractivity contribution < 1.29 is 32.5 Å². The highest BCUT2D eigenvalue weighted by Gasteiger charge is 2.33. The molecule has 2 rings (SSSR count). The average Bonchev–Trinajstić information content (AvgIpc) is 2.69. The summed E-state index contributed by atoms with van der Waals surface area (Å²) in [7, 11) is 0. The van der Waals surface area contributed by atoms with Gasteiger partial charge in [0.2, 0.25) is 5.88 Å². The van der Waals surface area contributed by atoms with Crippen molar-refractivity contribution in [1.29, 1.82) is 0 Å².